The quantitative estimate of drug-likeness (QED) is 0.240. The summed E-state index contributed by atoms with van der Waals surface area (Å²) in [6.07, 6.45) is -1.38. The molecule has 2 aromatic carbocycles. The summed E-state index contributed by atoms with van der Waals surface area (Å²) in [5, 5.41) is 23.7. The van der Waals surface area contributed by atoms with Crippen molar-refractivity contribution in [1.82, 2.24) is 15.0 Å². The number of aromatic nitrogens is 1. The number of aliphatic hydroxyl groups is 2. The van der Waals surface area contributed by atoms with Crippen LogP contribution in [0.5, 0.6) is 0 Å². The van der Waals surface area contributed by atoms with Gasteiger partial charge in [-0.3, -0.25) is 4.79 Å². The SMILES string of the molecule is CC(Cc1c[nH]c2ccccc12)(NS(=O)(=O)OC(N)=O)C(=O)NC(CO)C(O)c1ccccc1. The van der Waals surface area contributed by atoms with Crippen LogP contribution in [-0.4, -0.2) is 53.8 Å². The van der Waals surface area contributed by atoms with Gasteiger partial charge >= 0.3 is 16.4 Å². The Labute approximate surface area is 196 Å². The molecular formula is C22H26N4O7S. The standard InChI is InChI=1S/C22H26N4O7S/c1-22(26-34(31,32)33-21(23)30,11-15-12-24-17-10-6-5-9-16(15)17)20(29)25-18(13-27)19(28)14-7-3-2-4-8-14/h2-10,12,18-19,24,26-28H,11,13H2,1H3,(H2,23,30)(H,25,29). The average Bonchev–Trinajstić information content (AvgIpc) is 3.18. The number of primary amides is 1. The van der Waals surface area contributed by atoms with E-state index < -0.39 is 46.6 Å². The number of aliphatic hydroxyl groups excluding tert-OH is 2. The molecule has 1 aromatic heterocycles. The zero-order valence-corrected chi connectivity index (χ0v) is 19.1. The first-order valence-corrected chi connectivity index (χ1v) is 11.7. The summed E-state index contributed by atoms with van der Waals surface area (Å²) in [7, 11) is -4.78. The average molecular weight is 491 g/mol. The minimum atomic E-state index is -4.78. The molecule has 7 N–H and O–H groups in total. The molecular weight excluding hydrogens is 464 g/mol. The van der Waals surface area contributed by atoms with Crippen molar-refractivity contribution in [3.05, 3.63) is 71.9 Å². The fourth-order valence-corrected chi connectivity index (χ4v) is 4.64. The molecule has 0 aliphatic carbocycles. The maximum absolute atomic E-state index is 13.4. The molecule has 2 amide bonds. The van der Waals surface area contributed by atoms with Crippen LogP contribution in [0, 0.1) is 0 Å². The van der Waals surface area contributed by atoms with Crippen molar-refractivity contribution in [2.45, 2.75) is 31.0 Å². The molecule has 34 heavy (non-hydrogen) atoms. The second kappa shape index (κ2) is 10.2. The van der Waals surface area contributed by atoms with Gasteiger partial charge in [0.15, 0.2) is 0 Å². The smallest absolute Gasteiger partial charge is 0.394 e. The van der Waals surface area contributed by atoms with Crippen LogP contribution in [0.4, 0.5) is 4.79 Å². The molecule has 0 fully saturated rings. The Morgan fingerprint density at radius 2 is 1.79 bits per heavy atom. The molecule has 12 heteroatoms. The molecule has 0 spiro atoms. The molecule has 0 saturated heterocycles. The van der Waals surface area contributed by atoms with Gasteiger partial charge in [-0.1, -0.05) is 48.5 Å². The van der Waals surface area contributed by atoms with E-state index in [1.54, 1.807) is 48.7 Å². The fourth-order valence-electron chi connectivity index (χ4n) is 3.66. The van der Waals surface area contributed by atoms with Crippen LogP contribution in [0.25, 0.3) is 10.9 Å². The fraction of sp³-hybridized carbons (Fsp3) is 0.273. The van der Waals surface area contributed by atoms with E-state index in [9.17, 15) is 28.2 Å². The number of para-hydroxylation sites is 1. The van der Waals surface area contributed by atoms with E-state index in [2.05, 4.69) is 19.2 Å². The second-order valence-corrected chi connectivity index (χ2v) is 9.22. The lowest BCUT2D eigenvalue weighted by Crippen LogP contribution is -2.61. The number of benzene rings is 2. The number of hydrogen-bond acceptors (Lipinski definition) is 7. The van der Waals surface area contributed by atoms with Crippen molar-refractivity contribution in [2.24, 2.45) is 5.73 Å². The van der Waals surface area contributed by atoms with Crippen molar-refractivity contribution >= 4 is 33.2 Å². The summed E-state index contributed by atoms with van der Waals surface area (Å²) in [5.74, 6) is -0.872. The van der Waals surface area contributed by atoms with Crippen molar-refractivity contribution in [1.29, 1.82) is 0 Å². The Morgan fingerprint density at radius 3 is 2.44 bits per heavy atom. The van der Waals surface area contributed by atoms with E-state index in [1.807, 2.05) is 12.1 Å². The van der Waals surface area contributed by atoms with Crippen LogP contribution in [0.3, 0.4) is 0 Å². The van der Waals surface area contributed by atoms with Gasteiger partial charge in [-0.15, -0.1) is 0 Å². The number of fused-ring (bicyclic) bond motifs is 1. The van der Waals surface area contributed by atoms with Gasteiger partial charge in [-0.25, -0.2) is 4.79 Å². The number of amides is 2. The summed E-state index contributed by atoms with van der Waals surface area (Å²) >= 11 is 0. The molecule has 0 aliphatic rings. The largest absolute Gasteiger partial charge is 0.421 e. The van der Waals surface area contributed by atoms with E-state index in [0.717, 1.165) is 10.9 Å². The topological polar surface area (TPSA) is 184 Å². The predicted octanol–water partition coefficient (Wildman–Crippen LogP) is 0.610. The lowest BCUT2D eigenvalue weighted by atomic mass is 9.91. The van der Waals surface area contributed by atoms with Crippen molar-refractivity contribution in [3.8, 4) is 0 Å². The first-order chi connectivity index (χ1) is 16.0. The Hall–Kier alpha value is -3.45. The van der Waals surface area contributed by atoms with Crippen LogP contribution in [-0.2, 0) is 25.7 Å². The van der Waals surface area contributed by atoms with Crippen LogP contribution in [0.15, 0.2) is 60.8 Å². The Kier molecular flexibility index (Phi) is 7.57. The van der Waals surface area contributed by atoms with Gasteiger partial charge in [0.05, 0.1) is 12.6 Å². The molecule has 3 aromatic rings. The van der Waals surface area contributed by atoms with Gasteiger partial charge in [0, 0.05) is 23.5 Å². The van der Waals surface area contributed by atoms with Gasteiger partial charge in [0.2, 0.25) is 5.91 Å². The molecule has 0 radical (unpaired) electrons. The minimum absolute atomic E-state index is 0.163. The summed E-state index contributed by atoms with van der Waals surface area (Å²) in [6, 6.07) is 14.4. The molecule has 3 unspecified atom stereocenters. The summed E-state index contributed by atoms with van der Waals surface area (Å²) < 4.78 is 30.9. The number of carbonyl (C=O) groups is 2. The molecule has 0 aliphatic heterocycles. The molecule has 0 bridgehead atoms. The number of aromatic amines is 1. The molecule has 3 atom stereocenters. The second-order valence-electron chi connectivity index (χ2n) is 7.94. The third kappa shape index (κ3) is 5.91. The van der Waals surface area contributed by atoms with E-state index in [0.29, 0.717) is 11.1 Å². The minimum Gasteiger partial charge on any atom is -0.394 e. The Morgan fingerprint density at radius 1 is 1.15 bits per heavy atom. The Bertz CT molecular complexity index is 1260. The van der Waals surface area contributed by atoms with Crippen molar-refractivity contribution in [2.75, 3.05) is 6.61 Å². The maximum Gasteiger partial charge on any atom is 0.421 e. The summed E-state index contributed by atoms with van der Waals surface area (Å²) in [4.78, 5) is 27.4. The number of nitrogens with two attached hydrogens (primary N) is 1. The number of rotatable bonds is 10. The van der Waals surface area contributed by atoms with E-state index in [4.69, 9.17) is 5.73 Å². The predicted molar refractivity (Wildman–Crippen MR) is 124 cm³/mol. The van der Waals surface area contributed by atoms with Crippen molar-refractivity contribution < 1.29 is 32.4 Å². The lowest BCUT2D eigenvalue weighted by molar-refractivity contribution is -0.128. The van der Waals surface area contributed by atoms with E-state index in [1.165, 1.54) is 6.92 Å². The van der Waals surface area contributed by atoms with E-state index >= 15 is 0 Å². The Balaban J connectivity index is 1.93. The summed E-state index contributed by atoms with van der Waals surface area (Å²) in [6.45, 7) is 0.658. The highest BCUT2D eigenvalue weighted by atomic mass is 32.2. The molecule has 11 nitrogen and oxygen atoms in total. The molecule has 182 valence electrons. The van der Waals surface area contributed by atoms with Gasteiger partial charge in [-0.2, -0.15) is 13.1 Å². The molecule has 0 saturated carbocycles. The molecule has 1 heterocycles. The van der Waals surface area contributed by atoms with Gasteiger partial charge in [0.25, 0.3) is 0 Å². The van der Waals surface area contributed by atoms with Gasteiger partial charge < -0.3 is 30.4 Å². The van der Waals surface area contributed by atoms with Crippen LogP contribution in [0.1, 0.15) is 24.2 Å². The lowest BCUT2D eigenvalue weighted by Gasteiger charge is -2.32. The number of hydrogen-bond donors (Lipinski definition) is 6. The van der Waals surface area contributed by atoms with Crippen LogP contribution < -0.4 is 15.8 Å². The first kappa shape index (κ1) is 25.2. The third-order valence-corrected chi connectivity index (χ3v) is 6.38. The monoisotopic (exact) mass is 490 g/mol. The zero-order chi connectivity index (χ0) is 24.9. The number of nitrogens with one attached hydrogen (secondary N) is 3. The molecule has 3 rings (SSSR count). The van der Waals surface area contributed by atoms with Crippen LogP contribution in [0.2, 0.25) is 0 Å². The normalized spacial score (nSPS) is 15.3. The maximum atomic E-state index is 13.4. The van der Waals surface area contributed by atoms with E-state index in [-0.39, 0.29) is 6.42 Å². The van der Waals surface area contributed by atoms with Gasteiger partial charge in [0.1, 0.15) is 11.6 Å². The zero-order valence-electron chi connectivity index (χ0n) is 18.3. The van der Waals surface area contributed by atoms with Crippen molar-refractivity contribution in [3.63, 3.8) is 0 Å². The highest BCUT2D eigenvalue weighted by Crippen LogP contribution is 2.24. The highest BCUT2D eigenvalue weighted by molar-refractivity contribution is 7.85. The third-order valence-electron chi connectivity index (χ3n) is 5.30. The number of carbonyl (C=O) groups excluding carboxylic acids is 2. The first-order valence-electron chi connectivity index (χ1n) is 10.3. The van der Waals surface area contributed by atoms with Gasteiger partial charge in [-0.05, 0) is 24.1 Å². The highest BCUT2D eigenvalue weighted by Gasteiger charge is 2.41. The summed E-state index contributed by atoms with van der Waals surface area (Å²) in [5.41, 5.74) is 4.75. The van der Waals surface area contributed by atoms with Crippen LogP contribution >= 0.6 is 0 Å². The number of H-pyrrole nitrogens is 1.